The predicted molar refractivity (Wildman–Crippen MR) is 66.1 cm³/mol. The Morgan fingerprint density at radius 3 is 2.65 bits per heavy atom. The molecule has 8 heteroatoms. The average Bonchev–Trinajstić information content (AvgIpc) is 2.25. The van der Waals surface area contributed by atoms with Crippen LogP contribution in [0.3, 0.4) is 0 Å². The van der Waals surface area contributed by atoms with Crippen LogP contribution in [0.5, 0.6) is 0 Å². The smallest absolute Gasteiger partial charge is 0.258 e. The van der Waals surface area contributed by atoms with Gasteiger partial charge in [0.15, 0.2) is 5.82 Å². The zero-order chi connectivity index (χ0) is 12.7. The van der Waals surface area contributed by atoms with Crippen LogP contribution in [-0.2, 0) is 0 Å². The van der Waals surface area contributed by atoms with E-state index in [1.165, 1.54) is 0 Å². The van der Waals surface area contributed by atoms with E-state index < -0.39 is 16.4 Å². The van der Waals surface area contributed by atoms with Crippen LogP contribution in [0, 0.1) is 15.9 Å². The Morgan fingerprint density at radius 1 is 1.41 bits per heavy atom. The Morgan fingerprint density at radius 2 is 2.06 bits per heavy atom. The summed E-state index contributed by atoms with van der Waals surface area (Å²) in [6.45, 7) is 0. The third kappa shape index (κ3) is 1.96. The lowest BCUT2D eigenvalue weighted by molar-refractivity contribution is -0.384. The van der Waals surface area contributed by atoms with E-state index in [4.69, 9.17) is 23.2 Å². The molecule has 0 spiro atoms. The van der Waals surface area contributed by atoms with Crippen molar-refractivity contribution in [2.24, 2.45) is 0 Å². The molecule has 0 aliphatic carbocycles. The molecule has 0 aliphatic rings. The fourth-order valence-corrected chi connectivity index (χ4v) is 2.34. The molecule has 17 heavy (non-hydrogen) atoms. The van der Waals surface area contributed by atoms with Crippen LogP contribution in [0.4, 0.5) is 10.1 Å². The highest BCUT2D eigenvalue weighted by Gasteiger charge is 2.21. The number of benzene rings is 1. The highest BCUT2D eigenvalue weighted by molar-refractivity contribution is 9.10. The van der Waals surface area contributed by atoms with Crippen LogP contribution >= 0.6 is 39.1 Å². The molecule has 0 fully saturated rings. The molecule has 0 saturated carbocycles. The van der Waals surface area contributed by atoms with Crippen molar-refractivity contribution < 1.29 is 9.31 Å². The summed E-state index contributed by atoms with van der Waals surface area (Å²) in [5, 5.41) is 10.6. The fourth-order valence-electron chi connectivity index (χ4n) is 1.35. The molecule has 1 aromatic heterocycles. The van der Waals surface area contributed by atoms with Crippen molar-refractivity contribution in [3.05, 3.63) is 42.7 Å². The summed E-state index contributed by atoms with van der Waals surface area (Å²) in [5.41, 5.74) is -0.521. The largest absolute Gasteiger partial charge is 0.306 e. The minimum atomic E-state index is -0.704. The molecule has 0 saturated heterocycles. The molecule has 88 valence electrons. The second kappa shape index (κ2) is 4.36. The van der Waals surface area contributed by atoms with Gasteiger partial charge in [-0.2, -0.15) is 0 Å². The summed E-state index contributed by atoms with van der Waals surface area (Å²) < 4.78 is 13.8. The number of fused-ring (bicyclic) bond motifs is 1. The maximum atomic E-state index is 13.6. The van der Waals surface area contributed by atoms with Crippen LogP contribution in [0.1, 0.15) is 0 Å². The monoisotopic (exact) mass is 338 g/mol. The van der Waals surface area contributed by atoms with E-state index >= 15 is 0 Å². The van der Waals surface area contributed by atoms with Gasteiger partial charge in [-0.15, -0.1) is 0 Å². The van der Waals surface area contributed by atoms with Crippen molar-refractivity contribution in [2.45, 2.75) is 0 Å². The molecule has 2 rings (SSSR count). The molecule has 0 radical (unpaired) electrons. The molecule has 0 bridgehead atoms. The van der Waals surface area contributed by atoms with Gasteiger partial charge in [-0.05, 0) is 22.0 Å². The molecular weight excluding hydrogens is 338 g/mol. The van der Waals surface area contributed by atoms with Crippen molar-refractivity contribution in [1.29, 1.82) is 0 Å². The Balaban J connectivity index is 2.98. The number of pyridine rings is 1. The van der Waals surface area contributed by atoms with Crippen molar-refractivity contribution in [1.82, 2.24) is 4.98 Å². The fraction of sp³-hybridized carbons (Fsp3) is 0. The number of hydrogen-bond acceptors (Lipinski definition) is 3. The average molecular weight is 340 g/mol. The summed E-state index contributed by atoms with van der Waals surface area (Å²) in [5.74, 6) is -0.659. The van der Waals surface area contributed by atoms with Gasteiger partial charge in [-0.1, -0.05) is 23.2 Å². The third-order valence-electron chi connectivity index (χ3n) is 2.10. The minimum Gasteiger partial charge on any atom is -0.258 e. The Kier molecular flexibility index (Phi) is 3.20. The number of nitro groups is 1. The molecule has 0 aliphatic heterocycles. The van der Waals surface area contributed by atoms with E-state index in [9.17, 15) is 14.5 Å². The first-order valence-electron chi connectivity index (χ1n) is 4.19. The van der Waals surface area contributed by atoms with Gasteiger partial charge in [0.2, 0.25) is 0 Å². The van der Waals surface area contributed by atoms with Gasteiger partial charge in [0.1, 0.15) is 16.7 Å². The molecule has 1 heterocycles. The lowest BCUT2D eigenvalue weighted by Gasteiger charge is -2.05. The maximum Gasteiger partial charge on any atom is 0.306 e. The van der Waals surface area contributed by atoms with E-state index in [0.29, 0.717) is 0 Å². The van der Waals surface area contributed by atoms with Crippen LogP contribution in [0.25, 0.3) is 10.9 Å². The lowest BCUT2D eigenvalue weighted by atomic mass is 10.2. The van der Waals surface area contributed by atoms with Crippen LogP contribution < -0.4 is 0 Å². The van der Waals surface area contributed by atoms with Gasteiger partial charge in [-0.3, -0.25) is 10.1 Å². The van der Waals surface area contributed by atoms with Crippen molar-refractivity contribution >= 4 is 55.7 Å². The zero-order valence-electron chi connectivity index (χ0n) is 7.88. The Hall–Kier alpha value is -0.980. The number of aromatic nitrogens is 1. The SMILES string of the molecule is O=[N+]([O-])c1cnc2c(F)cc(Br)c(Cl)c2c1Cl. The number of nitrogens with zero attached hydrogens (tertiary/aromatic N) is 2. The van der Waals surface area contributed by atoms with Crippen LogP contribution in [-0.4, -0.2) is 9.91 Å². The van der Waals surface area contributed by atoms with Crippen molar-refractivity contribution in [3.8, 4) is 0 Å². The van der Waals surface area contributed by atoms with Gasteiger partial charge < -0.3 is 0 Å². The van der Waals surface area contributed by atoms with E-state index in [1.807, 2.05) is 0 Å². The van der Waals surface area contributed by atoms with E-state index in [0.717, 1.165) is 12.3 Å². The highest BCUT2D eigenvalue weighted by Crippen LogP contribution is 2.39. The summed E-state index contributed by atoms with van der Waals surface area (Å²) in [4.78, 5) is 13.6. The Bertz CT molecular complexity index is 651. The van der Waals surface area contributed by atoms with Crippen LogP contribution in [0.2, 0.25) is 10.0 Å². The lowest BCUT2D eigenvalue weighted by Crippen LogP contribution is -1.94. The zero-order valence-corrected chi connectivity index (χ0v) is 11.0. The first kappa shape index (κ1) is 12.5. The molecule has 1 aromatic carbocycles. The number of hydrogen-bond donors (Lipinski definition) is 0. The first-order chi connectivity index (χ1) is 7.93. The van der Waals surface area contributed by atoms with Gasteiger partial charge in [0, 0.05) is 9.86 Å². The molecule has 4 nitrogen and oxygen atoms in total. The number of rotatable bonds is 1. The van der Waals surface area contributed by atoms with Crippen molar-refractivity contribution in [2.75, 3.05) is 0 Å². The molecule has 2 aromatic rings. The van der Waals surface area contributed by atoms with E-state index in [2.05, 4.69) is 20.9 Å². The van der Waals surface area contributed by atoms with Crippen molar-refractivity contribution in [3.63, 3.8) is 0 Å². The molecule has 0 amide bonds. The van der Waals surface area contributed by atoms with Gasteiger partial charge in [-0.25, -0.2) is 9.37 Å². The second-order valence-corrected chi connectivity index (χ2v) is 4.70. The topological polar surface area (TPSA) is 56.0 Å². The first-order valence-corrected chi connectivity index (χ1v) is 5.74. The summed E-state index contributed by atoms with van der Waals surface area (Å²) in [7, 11) is 0. The predicted octanol–water partition coefficient (Wildman–Crippen LogP) is 4.35. The molecule has 0 atom stereocenters. The van der Waals surface area contributed by atoms with Crippen LogP contribution in [0.15, 0.2) is 16.7 Å². The van der Waals surface area contributed by atoms with E-state index in [-0.39, 0.29) is 25.4 Å². The van der Waals surface area contributed by atoms with E-state index in [1.54, 1.807) is 0 Å². The van der Waals surface area contributed by atoms with Gasteiger partial charge in [0.05, 0.1) is 9.95 Å². The summed E-state index contributed by atoms with van der Waals surface area (Å²) >= 11 is 14.8. The van der Waals surface area contributed by atoms with Gasteiger partial charge in [0.25, 0.3) is 0 Å². The maximum absolute atomic E-state index is 13.6. The quantitative estimate of drug-likeness (QED) is 0.441. The summed E-state index contributed by atoms with van der Waals surface area (Å²) in [6, 6.07) is 1.12. The minimum absolute atomic E-state index is 0.0226. The Labute approximate surface area is 113 Å². The molecular formula is C9H2BrCl2FN2O2. The summed E-state index contributed by atoms with van der Waals surface area (Å²) in [6.07, 6.45) is 0.901. The normalized spacial score (nSPS) is 10.8. The van der Waals surface area contributed by atoms with Gasteiger partial charge >= 0.3 is 5.69 Å². The molecule has 0 unspecified atom stereocenters. The molecule has 0 N–H and O–H groups in total. The standard InChI is InChI=1S/C9H2BrCl2FN2O2/c10-3-1-4(13)9-6(7(3)11)8(12)5(2-14-9)15(16)17/h1-2H. The highest BCUT2D eigenvalue weighted by atomic mass is 79.9. The second-order valence-electron chi connectivity index (χ2n) is 3.09. The third-order valence-corrected chi connectivity index (χ3v) is 3.73. The number of halogens is 4.